The molecule has 0 amide bonds. The molecule has 0 aliphatic rings. The van der Waals surface area contributed by atoms with Crippen molar-refractivity contribution in [1.29, 1.82) is 0 Å². The minimum absolute atomic E-state index is 0.111. The highest BCUT2D eigenvalue weighted by Crippen LogP contribution is 2.13. The summed E-state index contributed by atoms with van der Waals surface area (Å²) in [7, 11) is -3.32. The Balaban J connectivity index is 1.99. The number of sulfone groups is 1. The molecule has 0 aromatic heterocycles. The third-order valence-corrected chi connectivity index (χ3v) is 4.68. The summed E-state index contributed by atoms with van der Waals surface area (Å²) < 4.78 is 28.5. The molecule has 0 saturated heterocycles. The largest absolute Gasteiger partial charge is 0.454 e. The summed E-state index contributed by atoms with van der Waals surface area (Å²) in [4.78, 5) is 23.9. The molecule has 0 N–H and O–H groups in total. The Morgan fingerprint density at radius 2 is 1.48 bits per heavy atom. The minimum atomic E-state index is -3.32. The second kappa shape index (κ2) is 7.06. The number of halogens is 1. The molecule has 0 fully saturated rings. The number of rotatable bonds is 5. The first-order valence-corrected chi connectivity index (χ1v) is 9.22. The first kappa shape index (κ1) is 17.4. The fraction of sp³-hybridized carbons (Fsp3) is 0.125. The number of hydrogen-bond acceptors (Lipinski definition) is 5. The van der Waals surface area contributed by atoms with Crippen molar-refractivity contribution < 1.29 is 22.7 Å². The fourth-order valence-corrected chi connectivity index (χ4v) is 2.67. The van der Waals surface area contributed by atoms with Crippen LogP contribution in [0, 0.1) is 0 Å². The zero-order valence-electron chi connectivity index (χ0n) is 12.2. The molecule has 0 aliphatic carbocycles. The van der Waals surface area contributed by atoms with Crippen molar-refractivity contribution in [2.75, 3.05) is 12.9 Å². The maximum Gasteiger partial charge on any atom is 0.338 e. The molecule has 0 aliphatic heterocycles. The van der Waals surface area contributed by atoms with E-state index in [1.807, 2.05) is 0 Å². The molecule has 120 valence electrons. The van der Waals surface area contributed by atoms with Crippen LogP contribution in [0.25, 0.3) is 0 Å². The Bertz CT molecular complexity index is 824. The monoisotopic (exact) mass is 396 g/mol. The van der Waals surface area contributed by atoms with Crippen molar-refractivity contribution in [1.82, 2.24) is 0 Å². The Morgan fingerprint density at radius 3 is 2.00 bits per heavy atom. The van der Waals surface area contributed by atoms with E-state index in [0.717, 1.165) is 10.7 Å². The first-order chi connectivity index (χ1) is 10.8. The zero-order chi connectivity index (χ0) is 17.0. The quantitative estimate of drug-likeness (QED) is 0.573. The van der Waals surface area contributed by atoms with Crippen molar-refractivity contribution in [3.63, 3.8) is 0 Å². The summed E-state index contributed by atoms with van der Waals surface area (Å²) in [5, 5.41) is 0. The van der Waals surface area contributed by atoms with Gasteiger partial charge in [0.1, 0.15) is 0 Å². The van der Waals surface area contributed by atoms with Gasteiger partial charge in [-0.05, 0) is 36.4 Å². The van der Waals surface area contributed by atoms with Crippen molar-refractivity contribution in [3.8, 4) is 0 Å². The molecule has 0 atom stereocenters. The van der Waals surface area contributed by atoms with Crippen LogP contribution in [0.1, 0.15) is 20.7 Å². The summed E-state index contributed by atoms with van der Waals surface area (Å²) in [5.74, 6) is -1.01. The van der Waals surface area contributed by atoms with Gasteiger partial charge in [-0.1, -0.05) is 28.1 Å². The van der Waals surface area contributed by atoms with Crippen LogP contribution in [0.15, 0.2) is 57.9 Å². The summed E-state index contributed by atoms with van der Waals surface area (Å²) in [5.41, 5.74) is 0.620. The van der Waals surface area contributed by atoms with E-state index in [1.165, 1.54) is 24.3 Å². The van der Waals surface area contributed by atoms with Crippen molar-refractivity contribution >= 4 is 37.5 Å². The first-order valence-electron chi connectivity index (χ1n) is 6.53. The lowest BCUT2D eigenvalue weighted by atomic mass is 10.1. The van der Waals surface area contributed by atoms with Crippen molar-refractivity contribution in [3.05, 3.63) is 64.1 Å². The predicted molar refractivity (Wildman–Crippen MR) is 88.3 cm³/mol. The summed E-state index contributed by atoms with van der Waals surface area (Å²) in [6.45, 7) is -0.381. The van der Waals surface area contributed by atoms with E-state index >= 15 is 0 Å². The molecule has 0 spiro atoms. The molecule has 0 unspecified atom stereocenters. The SMILES string of the molecule is CS(=O)(=O)c1ccc(C(=O)OCC(=O)c2ccc(Br)cc2)cc1. The Morgan fingerprint density at radius 1 is 0.957 bits per heavy atom. The van der Waals surface area contributed by atoms with Gasteiger partial charge in [0, 0.05) is 16.3 Å². The number of hydrogen-bond donors (Lipinski definition) is 0. The third kappa shape index (κ3) is 4.74. The number of carbonyl (C=O) groups is 2. The molecule has 2 aromatic carbocycles. The van der Waals surface area contributed by atoms with Crippen molar-refractivity contribution in [2.45, 2.75) is 4.90 Å². The normalized spacial score (nSPS) is 11.0. The second-order valence-electron chi connectivity index (χ2n) is 4.80. The molecule has 0 saturated carbocycles. The van der Waals surface area contributed by atoms with E-state index in [2.05, 4.69) is 15.9 Å². The highest BCUT2D eigenvalue weighted by molar-refractivity contribution is 9.10. The molecule has 2 aromatic rings. The van der Waals surface area contributed by atoms with Gasteiger partial charge in [-0.2, -0.15) is 0 Å². The lowest BCUT2D eigenvalue weighted by molar-refractivity contribution is 0.0474. The lowest BCUT2D eigenvalue weighted by Gasteiger charge is -2.05. The average molecular weight is 397 g/mol. The lowest BCUT2D eigenvalue weighted by Crippen LogP contribution is -2.14. The van der Waals surface area contributed by atoms with Crippen LogP contribution in [0.5, 0.6) is 0 Å². The molecule has 5 nitrogen and oxygen atoms in total. The molecule has 0 heterocycles. The van der Waals surface area contributed by atoms with Gasteiger partial charge >= 0.3 is 5.97 Å². The summed E-state index contributed by atoms with van der Waals surface area (Å²) in [6.07, 6.45) is 1.08. The van der Waals surface area contributed by atoms with E-state index in [-0.39, 0.29) is 22.8 Å². The van der Waals surface area contributed by atoms with E-state index in [0.29, 0.717) is 5.56 Å². The van der Waals surface area contributed by atoms with Gasteiger partial charge in [-0.3, -0.25) is 4.79 Å². The predicted octanol–water partition coefficient (Wildman–Crippen LogP) is 2.89. The molecule has 0 bridgehead atoms. The maximum absolute atomic E-state index is 11.9. The summed E-state index contributed by atoms with van der Waals surface area (Å²) >= 11 is 3.27. The number of benzene rings is 2. The van der Waals surface area contributed by atoms with Gasteiger partial charge in [-0.25, -0.2) is 13.2 Å². The van der Waals surface area contributed by atoms with Crippen LogP contribution in [-0.2, 0) is 14.6 Å². The number of Topliss-reactive ketones (excluding diaryl/α,β-unsaturated/α-hetero) is 1. The Hall–Kier alpha value is -1.99. The molecule has 0 radical (unpaired) electrons. The van der Waals surface area contributed by atoms with Gasteiger partial charge < -0.3 is 4.74 Å². The number of esters is 1. The topological polar surface area (TPSA) is 77.5 Å². The minimum Gasteiger partial charge on any atom is -0.454 e. The summed E-state index contributed by atoms with van der Waals surface area (Å²) in [6, 6.07) is 12.0. The zero-order valence-corrected chi connectivity index (χ0v) is 14.6. The van der Waals surface area contributed by atoms with E-state index < -0.39 is 15.8 Å². The van der Waals surface area contributed by atoms with Crippen LogP contribution in [0.4, 0.5) is 0 Å². The molecule has 2 rings (SSSR count). The van der Waals surface area contributed by atoms with Crippen LogP contribution in [0.2, 0.25) is 0 Å². The van der Waals surface area contributed by atoms with Crippen LogP contribution in [-0.4, -0.2) is 33.0 Å². The number of ether oxygens (including phenoxy) is 1. The van der Waals surface area contributed by atoms with Crippen LogP contribution >= 0.6 is 15.9 Å². The third-order valence-electron chi connectivity index (χ3n) is 3.02. The second-order valence-corrected chi connectivity index (χ2v) is 7.73. The van der Waals surface area contributed by atoms with E-state index in [4.69, 9.17) is 4.74 Å². The fourth-order valence-electron chi connectivity index (χ4n) is 1.77. The molecular weight excluding hydrogens is 384 g/mol. The Labute approximate surface area is 142 Å². The maximum atomic E-state index is 11.9. The van der Waals surface area contributed by atoms with E-state index in [1.54, 1.807) is 24.3 Å². The average Bonchev–Trinajstić information content (AvgIpc) is 2.52. The number of carbonyl (C=O) groups excluding carboxylic acids is 2. The number of ketones is 1. The van der Waals surface area contributed by atoms with Gasteiger partial charge in [-0.15, -0.1) is 0 Å². The van der Waals surface area contributed by atoms with Gasteiger partial charge in [0.15, 0.2) is 22.2 Å². The molecular formula is C16H13BrO5S. The Kier molecular flexibility index (Phi) is 5.33. The van der Waals surface area contributed by atoms with Gasteiger partial charge in [0.2, 0.25) is 0 Å². The van der Waals surface area contributed by atoms with Gasteiger partial charge in [0.05, 0.1) is 10.5 Å². The molecule has 7 heteroatoms. The molecule has 23 heavy (non-hydrogen) atoms. The smallest absolute Gasteiger partial charge is 0.338 e. The highest BCUT2D eigenvalue weighted by atomic mass is 79.9. The van der Waals surface area contributed by atoms with Gasteiger partial charge in [0.25, 0.3) is 0 Å². The van der Waals surface area contributed by atoms with E-state index in [9.17, 15) is 18.0 Å². The standard InChI is InChI=1S/C16H13BrO5S/c1-23(20,21)14-8-4-12(5-9-14)16(19)22-10-15(18)11-2-6-13(17)7-3-11/h2-9H,10H2,1H3. The van der Waals surface area contributed by atoms with Crippen LogP contribution in [0.3, 0.4) is 0 Å². The van der Waals surface area contributed by atoms with Crippen molar-refractivity contribution in [2.24, 2.45) is 0 Å². The van der Waals surface area contributed by atoms with Crippen LogP contribution < -0.4 is 0 Å². The highest BCUT2D eigenvalue weighted by Gasteiger charge is 2.13.